The molecule has 0 aliphatic rings. The normalized spacial score (nSPS) is 10.7. The molecule has 0 saturated carbocycles. The molecule has 3 aromatic rings. The predicted octanol–water partition coefficient (Wildman–Crippen LogP) is 5.39. The maximum Gasteiger partial charge on any atom is 0.259 e. The molecule has 0 unspecified atom stereocenters. The van der Waals surface area contributed by atoms with Crippen molar-refractivity contribution in [3.63, 3.8) is 0 Å². The summed E-state index contributed by atoms with van der Waals surface area (Å²) < 4.78 is 0. The van der Waals surface area contributed by atoms with Crippen molar-refractivity contribution in [1.82, 2.24) is 9.97 Å². The van der Waals surface area contributed by atoms with Gasteiger partial charge in [-0.2, -0.15) is 0 Å². The highest BCUT2D eigenvalue weighted by atomic mass is 35.5. The predicted molar refractivity (Wildman–Crippen MR) is 104 cm³/mol. The standard InChI is InChI=1S/C18H15ClN2O.C2H6/c1-11-6-7-13(10-12(11)2)8-9-16-20-17-14(18(22)21-16)4-3-5-15(17)19;1-2/h3-10H,1-2H3,(H,20,21,22);1-2H3/b9-8+;. The second kappa shape index (κ2) is 7.93. The Bertz CT molecular complexity index is 942. The minimum Gasteiger partial charge on any atom is -0.306 e. The summed E-state index contributed by atoms with van der Waals surface area (Å²) in [5, 5.41) is 0.972. The summed E-state index contributed by atoms with van der Waals surface area (Å²) in [6.45, 7) is 8.15. The van der Waals surface area contributed by atoms with E-state index in [-0.39, 0.29) is 5.56 Å². The van der Waals surface area contributed by atoms with Crippen molar-refractivity contribution in [2.45, 2.75) is 27.7 Å². The lowest BCUT2D eigenvalue weighted by Gasteiger charge is -2.02. The first kappa shape index (κ1) is 18.0. The lowest BCUT2D eigenvalue weighted by Crippen LogP contribution is -2.09. The number of para-hydroxylation sites is 1. The van der Waals surface area contributed by atoms with E-state index >= 15 is 0 Å². The molecule has 0 amide bonds. The summed E-state index contributed by atoms with van der Waals surface area (Å²) in [5.41, 5.74) is 3.87. The lowest BCUT2D eigenvalue weighted by atomic mass is 10.1. The molecule has 1 aromatic heterocycles. The number of nitrogens with zero attached hydrogens (tertiary/aromatic N) is 1. The Morgan fingerprint density at radius 1 is 1.04 bits per heavy atom. The second-order valence-electron chi connectivity index (χ2n) is 5.26. The van der Waals surface area contributed by atoms with E-state index in [1.54, 1.807) is 24.3 Å². The van der Waals surface area contributed by atoms with Gasteiger partial charge in [0.15, 0.2) is 0 Å². The highest BCUT2D eigenvalue weighted by Crippen LogP contribution is 2.19. The number of benzene rings is 2. The molecule has 3 rings (SSSR count). The lowest BCUT2D eigenvalue weighted by molar-refractivity contribution is 1.14. The number of aromatic amines is 1. The van der Waals surface area contributed by atoms with E-state index < -0.39 is 0 Å². The van der Waals surface area contributed by atoms with Gasteiger partial charge in [0.1, 0.15) is 5.82 Å². The maximum atomic E-state index is 12.1. The van der Waals surface area contributed by atoms with E-state index in [0.717, 1.165) is 5.56 Å². The van der Waals surface area contributed by atoms with Crippen LogP contribution in [0.2, 0.25) is 5.02 Å². The summed E-state index contributed by atoms with van der Waals surface area (Å²) in [5.74, 6) is 0.490. The third-order valence-corrected chi connectivity index (χ3v) is 3.97. The summed E-state index contributed by atoms with van der Waals surface area (Å²) in [6, 6.07) is 11.4. The zero-order chi connectivity index (χ0) is 17.7. The summed E-state index contributed by atoms with van der Waals surface area (Å²) >= 11 is 6.12. The Labute approximate surface area is 147 Å². The van der Waals surface area contributed by atoms with Crippen LogP contribution < -0.4 is 5.56 Å². The quantitative estimate of drug-likeness (QED) is 0.679. The van der Waals surface area contributed by atoms with Crippen LogP contribution in [0.15, 0.2) is 41.2 Å². The minimum atomic E-state index is -0.188. The molecule has 1 heterocycles. The van der Waals surface area contributed by atoms with Gasteiger partial charge in [-0.15, -0.1) is 0 Å². The van der Waals surface area contributed by atoms with Crippen molar-refractivity contribution < 1.29 is 0 Å². The zero-order valence-corrected chi connectivity index (χ0v) is 15.1. The van der Waals surface area contributed by atoms with Gasteiger partial charge in [-0.05, 0) is 48.7 Å². The fourth-order valence-electron chi connectivity index (χ4n) is 2.27. The van der Waals surface area contributed by atoms with Crippen LogP contribution in [-0.2, 0) is 0 Å². The highest BCUT2D eigenvalue weighted by Gasteiger charge is 2.05. The van der Waals surface area contributed by atoms with Gasteiger partial charge in [0.05, 0.1) is 15.9 Å². The van der Waals surface area contributed by atoms with Crippen molar-refractivity contribution in [1.29, 1.82) is 0 Å². The van der Waals surface area contributed by atoms with Crippen molar-refractivity contribution in [3.8, 4) is 0 Å². The number of halogens is 1. The zero-order valence-electron chi connectivity index (χ0n) is 14.4. The Balaban J connectivity index is 0.00000100. The van der Waals surface area contributed by atoms with Crippen molar-refractivity contribution in [2.24, 2.45) is 0 Å². The molecular weight excluding hydrogens is 320 g/mol. The third-order valence-electron chi connectivity index (χ3n) is 3.67. The smallest absolute Gasteiger partial charge is 0.259 e. The molecule has 3 nitrogen and oxygen atoms in total. The average molecular weight is 341 g/mol. The Morgan fingerprint density at radius 2 is 1.79 bits per heavy atom. The fraction of sp³-hybridized carbons (Fsp3) is 0.200. The number of aryl methyl sites for hydroxylation is 2. The Hall–Kier alpha value is -2.39. The van der Waals surface area contributed by atoms with Crippen LogP contribution in [-0.4, -0.2) is 9.97 Å². The first-order chi connectivity index (χ1) is 11.5. The monoisotopic (exact) mass is 340 g/mol. The number of fused-ring (bicyclic) bond motifs is 1. The van der Waals surface area contributed by atoms with Gasteiger partial charge in [-0.3, -0.25) is 4.79 Å². The summed E-state index contributed by atoms with van der Waals surface area (Å²) in [4.78, 5) is 19.3. The number of H-pyrrole nitrogens is 1. The summed E-state index contributed by atoms with van der Waals surface area (Å²) in [7, 11) is 0. The van der Waals surface area contributed by atoms with Crippen molar-refractivity contribution in [3.05, 3.63) is 74.3 Å². The molecule has 0 aliphatic heterocycles. The van der Waals surface area contributed by atoms with Gasteiger partial charge >= 0.3 is 0 Å². The molecular formula is C20H21ClN2O. The Kier molecular flexibility index (Phi) is 5.93. The van der Waals surface area contributed by atoms with Gasteiger partial charge in [0.25, 0.3) is 5.56 Å². The van der Waals surface area contributed by atoms with Crippen molar-refractivity contribution >= 4 is 34.7 Å². The van der Waals surface area contributed by atoms with Crippen LogP contribution in [0.3, 0.4) is 0 Å². The van der Waals surface area contributed by atoms with E-state index in [4.69, 9.17) is 11.6 Å². The molecule has 0 fully saturated rings. The van der Waals surface area contributed by atoms with E-state index in [0.29, 0.717) is 21.7 Å². The molecule has 2 aromatic carbocycles. The van der Waals surface area contributed by atoms with E-state index in [9.17, 15) is 4.79 Å². The first-order valence-corrected chi connectivity index (χ1v) is 8.36. The molecule has 0 saturated heterocycles. The largest absolute Gasteiger partial charge is 0.306 e. The number of aromatic nitrogens is 2. The highest BCUT2D eigenvalue weighted by molar-refractivity contribution is 6.35. The molecule has 0 atom stereocenters. The van der Waals surface area contributed by atoms with Crippen LogP contribution in [0, 0.1) is 13.8 Å². The minimum absolute atomic E-state index is 0.188. The Morgan fingerprint density at radius 3 is 2.50 bits per heavy atom. The molecule has 24 heavy (non-hydrogen) atoms. The fourth-order valence-corrected chi connectivity index (χ4v) is 2.48. The number of hydrogen-bond donors (Lipinski definition) is 1. The van der Waals surface area contributed by atoms with Gasteiger partial charge < -0.3 is 4.98 Å². The van der Waals surface area contributed by atoms with Crippen LogP contribution in [0.5, 0.6) is 0 Å². The van der Waals surface area contributed by atoms with Crippen LogP contribution in [0.4, 0.5) is 0 Å². The molecule has 0 aliphatic carbocycles. The third kappa shape index (κ3) is 3.92. The van der Waals surface area contributed by atoms with E-state index in [1.807, 2.05) is 26.0 Å². The maximum absolute atomic E-state index is 12.1. The van der Waals surface area contributed by atoms with Gasteiger partial charge in [-0.25, -0.2) is 4.98 Å². The van der Waals surface area contributed by atoms with Crippen molar-refractivity contribution in [2.75, 3.05) is 0 Å². The molecule has 1 N–H and O–H groups in total. The average Bonchev–Trinajstić information content (AvgIpc) is 2.59. The molecule has 0 bridgehead atoms. The van der Waals surface area contributed by atoms with E-state index in [1.165, 1.54) is 11.1 Å². The van der Waals surface area contributed by atoms with Crippen LogP contribution in [0.25, 0.3) is 23.1 Å². The van der Waals surface area contributed by atoms with Gasteiger partial charge in [0, 0.05) is 0 Å². The van der Waals surface area contributed by atoms with Gasteiger partial charge in [-0.1, -0.05) is 55.8 Å². The first-order valence-electron chi connectivity index (χ1n) is 7.98. The van der Waals surface area contributed by atoms with Crippen LogP contribution >= 0.6 is 11.6 Å². The number of rotatable bonds is 2. The molecule has 0 spiro atoms. The molecule has 124 valence electrons. The topological polar surface area (TPSA) is 45.8 Å². The van der Waals surface area contributed by atoms with E-state index in [2.05, 4.69) is 35.9 Å². The molecule has 0 radical (unpaired) electrons. The number of hydrogen-bond acceptors (Lipinski definition) is 2. The summed E-state index contributed by atoms with van der Waals surface area (Å²) in [6.07, 6.45) is 3.71. The second-order valence-corrected chi connectivity index (χ2v) is 5.67. The van der Waals surface area contributed by atoms with Gasteiger partial charge in [0.2, 0.25) is 0 Å². The molecule has 4 heteroatoms. The number of nitrogens with one attached hydrogen (secondary N) is 1. The SMILES string of the molecule is CC.Cc1ccc(/C=C/c2nc3c(Cl)cccc3c(=O)[nH]2)cc1C. The van der Waals surface area contributed by atoms with Crippen LogP contribution in [0.1, 0.15) is 36.4 Å².